The summed E-state index contributed by atoms with van der Waals surface area (Å²) >= 11 is 0. The molecule has 0 aromatic heterocycles. The highest BCUT2D eigenvalue weighted by Crippen LogP contribution is 2.29. The van der Waals surface area contributed by atoms with E-state index >= 15 is 0 Å². The van der Waals surface area contributed by atoms with Crippen LogP contribution in [0.25, 0.3) is 0 Å². The normalized spacial score (nSPS) is 17.0. The minimum atomic E-state index is -2.40. The monoisotopic (exact) mass is 332 g/mol. The van der Waals surface area contributed by atoms with Crippen LogP contribution in [0.3, 0.4) is 0 Å². The Morgan fingerprint density at radius 1 is 0.958 bits per heavy atom. The first kappa shape index (κ1) is 16.9. The lowest BCUT2D eigenvalue weighted by molar-refractivity contribution is 0.0181. The van der Waals surface area contributed by atoms with Crippen molar-refractivity contribution in [2.24, 2.45) is 0 Å². The van der Waals surface area contributed by atoms with Crippen LogP contribution in [0.4, 0.5) is 8.78 Å². The zero-order valence-corrected chi connectivity index (χ0v) is 13.5. The minimum Gasteiger partial charge on any atom is -0.489 e. The van der Waals surface area contributed by atoms with Gasteiger partial charge in [0.2, 0.25) is 0 Å². The standard InChI is InChI=1S/C19H22F2N2O/c20-19(21)18(23-12-10-22-11-13-23)16-6-8-17(9-7-16)24-14-15-4-2-1-3-5-15/h1-9,18-19,22H,10-14H2/t18-/m0/s1. The third-order valence-corrected chi connectivity index (χ3v) is 4.25. The molecule has 2 aromatic carbocycles. The maximum absolute atomic E-state index is 13.5. The van der Waals surface area contributed by atoms with Crippen LogP contribution < -0.4 is 10.1 Å². The molecule has 0 aliphatic carbocycles. The molecule has 0 bridgehead atoms. The van der Waals surface area contributed by atoms with Crippen molar-refractivity contribution < 1.29 is 13.5 Å². The molecule has 1 atom stereocenters. The Kier molecular flexibility index (Phi) is 5.77. The van der Waals surface area contributed by atoms with Crippen LogP contribution in [0, 0.1) is 0 Å². The predicted octanol–water partition coefficient (Wildman–Crippen LogP) is 3.48. The van der Waals surface area contributed by atoms with Crippen molar-refractivity contribution in [1.82, 2.24) is 10.2 Å². The third kappa shape index (κ3) is 4.30. The topological polar surface area (TPSA) is 24.5 Å². The van der Waals surface area contributed by atoms with Gasteiger partial charge in [-0.05, 0) is 23.3 Å². The number of piperazine rings is 1. The summed E-state index contributed by atoms with van der Waals surface area (Å²) in [5.74, 6) is 0.691. The van der Waals surface area contributed by atoms with Crippen molar-refractivity contribution in [2.45, 2.75) is 19.1 Å². The number of ether oxygens (including phenoxy) is 1. The highest BCUT2D eigenvalue weighted by Gasteiger charge is 2.29. The second-order valence-corrected chi connectivity index (χ2v) is 5.91. The van der Waals surface area contributed by atoms with E-state index in [1.807, 2.05) is 35.2 Å². The van der Waals surface area contributed by atoms with Gasteiger partial charge < -0.3 is 10.1 Å². The van der Waals surface area contributed by atoms with Crippen LogP contribution in [0.2, 0.25) is 0 Å². The molecule has 0 saturated carbocycles. The molecule has 1 saturated heterocycles. The second kappa shape index (κ2) is 8.22. The largest absolute Gasteiger partial charge is 0.489 e. The van der Waals surface area contributed by atoms with Crippen LogP contribution >= 0.6 is 0 Å². The number of nitrogens with zero attached hydrogens (tertiary/aromatic N) is 1. The molecule has 1 fully saturated rings. The lowest BCUT2D eigenvalue weighted by atomic mass is 10.0. The van der Waals surface area contributed by atoms with E-state index in [4.69, 9.17) is 4.74 Å². The van der Waals surface area contributed by atoms with Gasteiger partial charge in [0.1, 0.15) is 12.4 Å². The Morgan fingerprint density at radius 3 is 2.25 bits per heavy atom. The summed E-state index contributed by atoms with van der Waals surface area (Å²) in [7, 11) is 0. The first-order valence-corrected chi connectivity index (χ1v) is 8.23. The van der Waals surface area contributed by atoms with Crippen molar-refractivity contribution in [3.8, 4) is 5.75 Å². The molecule has 3 rings (SSSR count). The van der Waals surface area contributed by atoms with Gasteiger partial charge in [0.15, 0.2) is 0 Å². The summed E-state index contributed by atoms with van der Waals surface area (Å²) in [4.78, 5) is 1.85. The van der Waals surface area contributed by atoms with Gasteiger partial charge in [0, 0.05) is 26.2 Å². The average molecular weight is 332 g/mol. The zero-order chi connectivity index (χ0) is 16.8. The summed E-state index contributed by atoms with van der Waals surface area (Å²) in [5, 5.41) is 3.19. The summed E-state index contributed by atoms with van der Waals surface area (Å²) < 4.78 is 32.8. The second-order valence-electron chi connectivity index (χ2n) is 5.91. The Hall–Kier alpha value is -1.98. The number of rotatable bonds is 6. The van der Waals surface area contributed by atoms with Crippen molar-refractivity contribution in [2.75, 3.05) is 26.2 Å². The molecule has 24 heavy (non-hydrogen) atoms. The number of hydrogen-bond donors (Lipinski definition) is 1. The van der Waals surface area contributed by atoms with E-state index in [-0.39, 0.29) is 0 Å². The molecule has 1 aliphatic rings. The van der Waals surface area contributed by atoms with E-state index in [0.717, 1.165) is 18.7 Å². The van der Waals surface area contributed by atoms with E-state index in [9.17, 15) is 8.78 Å². The van der Waals surface area contributed by atoms with Gasteiger partial charge in [-0.15, -0.1) is 0 Å². The molecule has 0 unspecified atom stereocenters. The van der Waals surface area contributed by atoms with Crippen molar-refractivity contribution in [3.63, 3.8) is 0 Å². The minimum absolute atomic E-state index is 0.469. The van der Waals surface area contributed by atoms with E-state index < -0.39 is 12.5 Å². The maximum Gasteiger partial charge on any atom is 0.258 e. The number of nitrogens with one attached hydrogen (secondary N) is 1. The van der Waals surface area contributed by atoms with Gasteiger partial charge in [-0.25, -0.2) is 8.78 Å². The first-order valence-electron chi connectivity index (χ1n) is 8.23. The molecular weight excluding hydrogens is 310 g/mol. The molecule has 1 N–H and O–H groups in total. The van der Waals surface area contributed by atoms with Gasteiger partial charge in [0.25, 0.3) is 6.43 Å². The summed E-state index contributed by atoms with van der Waals surface area (Å²) in [6.07, 6.45) is -2.40. The van der Waals surface area contributed by atoms with Crippen LogP contribution in [0.5, 0.6) is 5.75 Å². The van der Waals surface area contributed by atoms with Gasteiger partial charge in [-0.3, -0.25) is 4.90 Å². The SMILES string of the molecule is FC(F)[C@H](c1ccc(OCc2ccccc2)cc1)N1CCNCC1. The summed E-state index contributed by atoms with van der Waals surface area (Å²) in [6.45, 7) is 3.25. The highest BCUT2D eigenvalue weighted by atomic mass is 19.3. The lowest BCUT2D eigenvalue weighted by Gasteiger charge is -2.34. The fraction of sp³-hybridized carbons (Fsp3) is 0.368. The molecule has 0 amide bonds. The highest BCUT2D eigenvalue weighted by molar-refractivity contribution is 5.30. The van der Waals surface area contributed by atoms with E-state index in [2.05, 4.69) is 5.32 Å². The zero-order valence-electron chi connectivity index (χ0n) is 13.5. The number of benzene rings is 2. The summed E-state index contributed by atoms with van der Waals surface area (Å²) in [5.41, 5.74) is 1.71. The molecule has 128 valence electrons. The molecule has 1 aliphatic heterocycles. The number of halogens is 2. The van der Waals surface area contributed by atoms with E-state index in [0.29, 0.717) is 31.0 Å². The Labute approximate surface area is 141 Å². The molecule has 0 spiro atoms. The fourth-order valence-electron chi connectivity index (χ4n) is 2.98. The van der Waals surface area contributed by atoms with Crippen molar-refractivity contribution in [3.05, 3.63) is 65.7 Å². The quantitative estimate of drug-likeness (QED) is 0.876. The van der Waals surface area contributed by atoms with Crippen LogP contribution in [0.1, 0.15) is 17.2 Å². The molecule has 5 heteroatoms. The van der Waals surface area contributed by atoms with Gasteiger partial charge in [-0.2, -0.15) is 0 Å². The van der Waals surface area contributed by atoms with Gasteiger partial charge in [-0.1, -0.05) is 42.5 Å². The average Bonchev–Trinajstić information content (AvgIpc) is 2.63. The Bertz CT molecular complexity index is 613. The number of alkyl halides is 2. The van der Waals surface area contributed by atoms with Crippen molar-refractivity contribution >= 4 is 0 Å². The smallest absolute Gasteiger partial charge is 0.258 e. The van der Waals surface area contributed by atoms with Crippen LogP contribution in [-0.4, -0.2) is 37.5 Å². The molecule has 0 radical (unpaired) electrons. The molecule has 2 aromatic rings. The van der Waals surface area contributed by atoms with Gasteiger partial charge in [0.05, 0.1) is 6.04 Å². The van der Waals surface area contributed by atoms with Crippen LogP contribution in [0.15, 0.2) is 54.6 Å². The molecule has 1 heterocycles. The Morgan fingerprint density at radius 2 is 1.62 bits per heavy atom. The third-order valence-electron chi connectivity index (χ3n) is 4.25. The van der Waals surface area contributed by atoms with E-state index in [1.54, 1.807) is 24.3 Å². The van der Waals surface area contributed by atoms with Crippen LogP contribution in [-0.2, 0) is 6.61 Å². The Balaban J connectivity index is 1.65. The lowest BCUT2D eigenvalue weighted by Crippen LogP contribution is -2.46. The predicted molar refractivity (Wildman–Crippen MR) is 90.4 cm³/mol. The van der Waals surface area contributed by atoms with Crippen molar-refractivity contribution in [1.29, 1.82) is 0 Å². The maximum atomic E-state index is 13.5. The first-order chi connectivity index (χ1) is 11.7. The fourth-order valence-corrected chi connectivity index (χ4v) is 2.98. The summed E-state index contributed by atoms with van der Waals surface area (Å²) in [6, 6.07) is 16.1. The number of hydrogen-bond acceptors (Lipinski definition) is 3. The van der Waals surface area contributed by atoms with Gasteiger partial charge >= 0.3 is 0 Å². The molecule has 3 nitrogen and oxygen atoms in total. The molecular formula is C19H22F2N2O. The van der Waals surface area contributed by atoms with E-state index in [1.165, 1.54) is 0 Å².